The molecule has 1 heterocycles. The van der Waals surface area contributed by atoms with Gasteiger partial charge in [0.2, 0.25) is 5.91 Å². The zero-order valence-electron chi connectivity index (χ0n) is 11.5. The Balaban J connectivity index is 2.32. The molecule has 1 saturated heterocycles. The van der Waals surface area contributed by atoms with Gasteiger partial charge >= 0.3 is 0 Å². The van der Waals surface area contributed by atoms with Gasteiger partial charge in [-0.3, -0.25) is 4.79 Å². The molecular weight excluding hydrogens is 266 g/mol. The minimum atomic E-state index is -2.88. The normalized spacial score (nSPS) is 21.3. The molecule has 0 aromatic heterocycles. The molecule has 1 amide bonds. The van der Waals surface area contributed by atoms with Crippen molar-refractivity contribution in [3.63, 3.8) is 0 Å². The second-order valence-electron chi connectivity index (χ2n) is 5.01. The van der Waals surface area contributed by atoms with E-state index in [1.807, 2.05) is 18.0 Å². The third-order valence-corrected chi connectivity index (χ3v) is 5.25. The topological polar surface area (TPSA) is 81.5 Å². The Labute approximate surface area is 114 Å². The average molecular weight is 287 g/mol. The van der Waals surface area contributed by atoms with Crippen molar-refractivity contribution < 1.29 is 13.2 Å². The molecule has 0 bridgehead atoms. The zero-order valence-corrected chi connectivity index (χ0v) is 12.3. The zero-order chi connectivity index (χ0) is 14.5. The lowest BCUT2D eigenvalue weighted by molar-refractivity contribution is -0.130. The van der Waals surface area contributed by atoms with Gasteiger partial charge in [-0.05, 0) is 13.5 Å². The van der Waals surface area contributed by atoms with E-state index in [0.29, 0.717) is 32.4 Å². The standard InChI is InChI=1S/C12H21N3O3S/c1-14(11-5-9-19(17,18)10-11)8-4-12(16)15(2)7-3-6-13/h11H,3-5,7-10H2,1-2H3. The van der Waals surface area contributed by atoms with Crippen LogP contribution in [0.5, 0.6) is 0 Å². The molecule has 0 aliphatic carbocycles. The number of carbonyl (C=O) groups excluding carboxylic acids is 1. The van der Waals surface area contributed by atoms with Crippen LogP contribution in [-0.2, 0) is 14.6 Å². The Bertz CT molecular complexity index is 455. The highest BCUT2D eigenvalue weighted by Gasteiger charge is 2.30. The van der Waals surface area contributed by atoms with E-state index in [2.05, 4.69) is 0 Å². The molecule has 6 nitrogen and oxygen atoms in total. The van der Waals surface area contributed by atoms with Crippen molar-refractivity contribution in [2.24, 2.45) is 0 Å². The summed E-state index contributed by atoms with van der Waals surface area (Å²) in [4.78, 5) is 15.3. The lowest BCUT2D eigenvalue weighted by Gasteiger charge is -2.24. The molecule has 19 heavy (non-hydrogen) atoms. The maximum atomic E-state index is 11.8. The van der Waals surface area contributed by atoms with Crippen molar-refractivity contribution in [3.05, 3.63) is 0 Å². The predicted molar refractivity (Wildman–Crippen MR) is 72.2 cm³/mol. The first-order chi connectivity index (χ1) is 8.85. The molecule has 0 radical (unpaired) electrons. The fourth-order valence-corrected chi connectivity index (χ4v) is 3.92. The Hall–Kier alpha value is -1.13. The Kier molecular flexibility index (Phi) is 5.76. The summed E-state index contributed by atoms with van der Waals surface area (Å²) in [6.07, 6.45) is 1.34. The summed E-state index contributed by atoms with van der Waals surface area (Å²) in [5, 5.41) is 8.45. The van der Waals surface area contributed by atoms with E-state index >= 15 is 0 Å². The molecule has 0 spiro atoms. The molecule has 1 rings (SSSR count). The van der Waals surface area contributed by atoms with Gasteiger partial charge in [0, 0.05) is 32.6 Å². The second kappa shape index (κ2) is 6.87. The van der Waals surface area contributed by atoms with Gasteiger partial charge in [-0.2, -0.15) is 5.26 Å². The molecule has 1 fully saturated rings. The van der Waals surface area contributed by atoms with E-state index in [0.717, 1.165) is 0 Å². The molecular formula is C12H21N3O3S. The minimum Gasteiger partial charge on any atom is -0.345 e. The van der Waals surface area contributed by atoms with E-state index in [1.165, 1.54) is 0 Å². The molecule has 0 saturated carbocycles. The molecule has 0 N–H and O–H groups in total. The van der Waals surface area contributed by atoms with Crippen LogP contribution < -0.4 is 0 Å². The Morgan fingerprint density at radius 3 is 2.58 bits per heavy atom. The lowest BCUT2D eigenvalue weighted by Crippen LogP contribution is -2.36. The van der Waals surface area contributed by atoms with Crippen LogP contribution in [0.1, 0.15) is 19.3 Å². The van der Waals surface area contributed by atoms with Crippen LogP contribution in [0.15, 0.2) is 0 Å². The number of rotatable bonds is 6. The van der Waals surface area contributed by atoms with Gasteiger partial charge in [0.25, 0.3) is 0 Å². The number of nitriles is 1. The Morgan fingerprint density at radius 1 is 1.37 bits per heavy atom. The van der Waals surface area contributed by atoms with E-state index in [1.54, 1.807) is 11.9 Å². The smallest absolute Gasteiger partial charge is 0.223 e. The third kappa shape index (κ3) is 5.17. The summed E-state index contributed by atoms with van der Waals surface area (Å²) in [6.45, 7) is 0.993. The summed E-state index contributed by atoms with van der Waals surface area (Å²) >= 11 is 0. The highest BCUT2D eigenvalue weighted by Crippen LogP contribution is 2.16. The number of nitrogens with zero attached hydrogens (tertiary/aromatic N) is 3. The van der Waals surface area contributed by atoms with Gasteiger partial charge in [0.15, 0.2) is 9.84 Å². The van der Waals surface area contributed by atoms with Gasteiger partial charge in [-0.25, -0.2) is 8.42 Å². The van der Waals surface area contributed by atoms with Gasteiger partial charge in [-0.15, -0.1) is 0 Å². The third-order valence-electron chi connectivity index (χ3n) is 3.49. The van der Waals surface area contributed by atoms with Crippen LogP contribution in [0.4, 0.5) is 0 Å². The van der Waals surface area contributed by atoms with Crippen molar-refractivity contribution >= 4 is 15.7 Å². The van der Waals surface area contributed by atoms with Crippen LogP contribution in [0.2, 0.25) is 0 Å². The molecule has 1 aliphatic heterocycles. The van der Waals surface area contributed by atoms with Crippen LogP contribution in [0, 0.1) is 11.3 Å². The van der Waals surface area contributed by atoms with Crippen LogP contribution >= 0.6 is 0 Å². The molecule has 1 unspecified atom stereocenters. The predicted octanol–water partition coefficient (Wildman–Crippen LogP) is -0.133. The van der Waals surface area contributed by atoms with Crippen molar-refractivity contribution in [1.29, 1.82) is 5.26 Å². The number of amides is 1. The highest BCUT2D eigenvalue weighted by molar-refractivity contribution is 7.91. The molecule has 0 aromatic rings. The van der Waals surface area contributed by atoms with Crippen molar-refractivity contribution in [3.8, 4) is 6.07 Å². The summed E-state index contributed by atoms with van der Waals surface area (Å²) < 4.78 is 22.8. The lowest BCUT2D eigenvalue weighted by atomic mass is 10.2. The molecule has 1 aliphatic rings. The van der Waals surface area contributed by atoms with E-state index < -0.39 is 9.84 Å². The number of carbonyl (C=O) groups is 1. The first-order valence-electron chi connectivity index (χ1n) is 6.37. The van der Waals surface area contributed by atoms with Gasteiger partial charge in [-0.1, -0.05) is 0 Å². The van der Waals surface area contributed by atoms with Crippen molar-refractivity contribution in [2.45, 2.75) is 25.3 Å². The second-order valence-corrected chi connectivity index (χ2v) is 7.24. The van der Waals surface area contributed by atoms with Crippen LogP contribution in [0.3, 0.4) is 0 Å². The molecule has 1 atom stereocenters. The van der Waals surface area contributed by atoms with E-state index in [4.69, 9.17) is 5.26 Å². The van der Waals surface area contributed by atoms with E-state index in [-0.39, 0.29) is 23.5 Å². The van der Waals surface area contributed by atoms with Gasteiger partial charge < -0.3 is 9.80 Å². The maximum Gasteiger partial charge on any atom is 0.223 e. The summed E-state index contributed by atoms with van der Waals surface area (Å²) in [5.74, 6) is 0.433. The Morgan fingerprint density at radius 2 is 2.05 bits per heavy atom. The number of hydrogen-bond donors (Lipinski definition) is 0. The van der Waals surface area contributed by atoms with Gasteiger partial charge in [0.1, 0.15) is 0 Å². The first-order valence-corrected chi connectivity index (χ1v) is 8.19. The monoisotopic (exact) mass is 287 g/mol. The molecule has 0 aromatic carbocycles. The summed E-state index contributed by atoms with van der Waals surface area (Å²) in [6, 6.07) is 2.03. The number of sulfone groups is 1. The summed E-state index contributed by atoms with van der Waals surface area (Å²) in [5.41, 5.74) is 0. The van der Waals surface area contributed by atoms with Crippen LogP contribution in [-0.4, -0.2) is 68.9 Å². The van der Waals surface area contributed by atoms with Gasteiger partial charge in [0.05, 0.1) is 24.0 Å². The SMILES string of the molecule is CN(CCC#N)C(=O)CCN(C)C1CCS(=O)(=O)C1. The molecule has 108 valence electrons. The fourth-order valence-electron chi connectivity index (χ4n) is 2.11. The highest BCUT2D eigenvalue weighted by atomic mass is 32.2. The number of hydrogen-bond acceptors (Lipinski definition) is 5. The van der Waals surface area contributed by atoms with E-state index in [9.17, 15) is 13.2 Å². The average Bonchev–Trinajstić information content (AvgIpc) is 2.73. The molecule has 7 heteroatoms. The van der Waals surface area contributed by atoms with Crippen molar-refractivity contribution in [1.82, 2.24) is 9.80 Å². The largest absolute Gasteiger partial charge is 0.345 e. The first kappa shape index (κ1) is 15.9. The summed E-state index contributed by atoms with van der Waals surface area (Å²) in [7, 11) is 0.655. The fraction of sp³-hybridized carbons (Fsp3) is 0.833. The minimum absolute atomic E-state index is 0.0112. The van der Waals surface area contributed by atoms with Crippen LogP contribution in [0.25, 0.3) is 0 Å². The maximum absolute atomic E-state index is 11.8. The van der Waals surface area contributed by atoms with Crippen molar-refractivity contribution in [2.75, 3.05) is 38.7 Å². The quantitative estimate of drug-likeness (QED) is 0.679.